The first-order chi connectivity index (χ1) is 6.67. The fourth-order valence-corrected chi connectivity index (χ4v) is 1.00. The third kappa shape index (κ3) is 2.35. The van der Waals surface area contributed by atoms with E-state index in [9.17, 15) is 9.59 Å². The van der Waals surface area contributed by atoms with E-state index in [0.717, 1.165) is 0 Å². The Labute approximate surface area is 81.0 Å². The van der Waals surface area contributed by atoms with Gasteiger partial charge in [0.2, 0.25) is 0 Å². The SMILES string of the molecule is COC(=O)Cc1ccc(C(=O)OC)[nH]1. The molecule has 0 aliphatic carbocycles. The van der Waals surface area contributed by atoms with Gasteiger partial charge in [0.1, 0.15) is 5.69 Å². The maximum absolute atomic E-state index is 11.0. The lowest BCUT2D eigenvalue weighted by molar-refractivity contribution is -0.139. The summed E-state index contributed by atoms with van der Waals surface area (Å²) in [6, 6.07) is 3.20. The summed E-state index contributed by atoms with van der Waals surface area (Å²) in [6.07, 6.45) is 0.119. The molecule has 5 heteroatoms. The fraction of sp³-hybridized carbons (Fsp3) is 0.333. The molecular weight excluding hydrogens is 186 g/mol. The molecule has 0 aromatic carbocycles. The molecule has 76 valence electrons. The molecule has 1 rings (SSSR count). The predicted molar refractivity (Wildman–Crippen MR) is 47.9 cm³/mol. The van der Waals surface area contributed by atoms with Gasteiger partial charge >= 0.3 is 11.9 Å². The first-order valence-corrected chi connectivity index (χ1v) is 4.00. The Morgan fingerprint density at radius 1 is 1.29 bits per heavy atom. The van der Waals surface area contributed by atoms with E-state index in [0.29, 0.717) is 11.4 Å². The summed E-state index contributed by atoms with van der Waals surface area (Å²) in [4.78, 5) is 24.6. The number of carbonyl (C=O) groups excluding carboxylic acids is 2. The van der Waals surface area contributed by atoms with E-state index in [-0.39, 0.29) is 12.4 Å². The molecule has 0 saturated heterocycles. The van der Waals surface area contributed by atoms with E-state index in [4.69, 9.17) is 0 Å². The fourth-order valence-electron chi connectivity index (χ4n) is 1.00. The summed E-state index contributed by atoms with van der Waals surface area (Å²) in [5.41, 5.74) is 0.948. The van der Waals surface area contributed by atoms with Gasteiger partial charge in [-0.25, -0.2) is 4.79 Å². The van der Waals surface area contributed by atoms with E-state index < -0.39 is 5.97 Å². The standard InChI is InChI=1S/C9H11NO4/c1-13-8(11)5-6-3-4-7(10-6)9(12)14-2/h3-4,10H,5H2,1-2H3. The lowest BCUT2D eigenvalue weighted by Crippen LogP contribution is -2.06. The van der Waals surface area contributed by atoms with E-state index in [1.165, 1.54) is 14.2 Å². The second-order valence-corrected chi connectivity index (χ2v) is 2.64. The molecule has 0 unspecified atom stereocenters. The maximum atomic E-state index is 11.0. The highest BCUT2D eigenvalue weighted by Gasteiger charge is 2.10. The number of hydrogen-bond donors (Lipinski definition) is 1. The van der Waals surface area contributed by atoms with Crippen LogP contribution in [0, 0.1) is 0 Å². The van der Waals surface area contributed by atoms with Gasteiger partial charge in [0.25, 0.3) is 0 Å². The third-order valence-corrected chi connectivity index (χ3v) is 1.71. The van der Waals surface area contributed by atoms with Crippen LogP contribution in [0.4, 0.5) is 0 Å². The molecule has 1 aromatic heterocycles. The molecular formula is C9H11NO4. The Kier molecular flexibility index (Phi) is 3.28. The Bertz CT molecular complexity index is 342. The Hall–Kier alpha value is -1.78. The molecule has 0 aliphatic rings. The molecule has 0 amide bonds. The van der Waals surface area contributed by atoms with Crippen LogP contribution in [-0.2, 0) is 20.7 Å². The lowest BCUT2D eigenvalue weighted by atomic mass is 10.3. The molecule has 1 N–H and O–H groups in total. The van der Waals surface area contributed by atoms with Crippen molar-refractivity contribution < 1.29 is 19.1 Å². The van der Waals surface area contributed by atoms with Crippen LogP contribution < -0.4 is 0 Å². The van der Waals surface area contributed by atoms with E-state index >= 15 is 0 Å². The van der Waals surface area contributed by atoms with Crippen LogP contribution in [0.5, 0.6) is 0 Å². The van der Waals surface area contributed by atoms with Crippen molar-refractivity contribution in [3.8, 4) is 0 Å². The molecule has 0 aliphatic heterocycles. The monoisotopic (exact) mass is 197 g/mol. The van der Waals surface area contributed by atoms with Crippen molar-refractivity contribution in [3.05, 3.63) is 23.5 Å². The smallest absolute Gasteiger partial charge is 0.354 e. The topological polar surface area (TPSA) is 68.4 Å². The van der Waals surface area contributed by atoms with Crippen molar-refractivity contribution in [1.29, 1.82) is 0 Å². The molecule has 14 heavy (non-hydrogen) atoms. The molecule has 0 fully saturated rings. The van der Waals surface area contributed by atoms with Crippen LogP contribution >= 0.6 is 0 Å². The van der Waals surface area contributed by atoms with Crippen LogP contribution in [-0.4, -0.2) is 31.1 Å². The number of methoxy groups -OCH3 is 2. The lowest BCUT2D eigenvalue weighted by Gasteiger charge is -1.96. The molecule has 0 spiro atoms. The molecule has 5 nitrogen and oxygen atoms in total. The molecule has 0 bridgehead atoms. The minimum Gasteiger partial charge on any atom is -0.469 e. The van der Waals surface area contributed by atoms with Gasteiger partial charge in [0, 0.05) is 5.69 Å². The number of nitrogens with one attached hydrogen (secondary N) is 1. The van der Waals surface area contributed by atoms with Crippen LogP contribution in [0.2, 0.25) is 0 Å². The first kappa shape index (κ1) is 10.3. The number of aromatic amines is 1. The van der Waals surface area contributed by atoms with Crippen molar-refractivity contribution in [3.63, 3.8) is 0 Å². The quantitative estimate of drug-likeness (QED) is 0.717. The largest absolute Gasteiger partial charge is 0.469 e. The number of hydrogen-bond acceptors (Lipinski definition) is 4. The van der Waals surface area contributed by atoms with Crippen molar-refractivity contribution in [1.82, 2.24) is 4.98 Å². The van der Waals surface area contributed by atoms with Gasteiger partial charge in [-0.1, -0.05) is 0 Å². The summed E-state index contributed by atoms with van der Waals surface area (Å²) >= 11 is 0. The van der Waals surface area contributed by atoms with Crippen LogP contribution in [0.3, 0.4) is 0 Å². The minimum absolute atomic E-state index is 0.119. The van der Waals surface area contributed by atoms with Crippen LogP contribution in [0.15, 0.2) is 12.1 Å². The van der Waals surface area contributed by atoms with Gasteiger partial charge in [0.15, 0.2) is 0 Å². The highest BCUT2D eigenvalue weighted by atomic mass is 16.5. The number of ether oxygens (including phenoxy) is 2. The second kappa shape index (κ2) is 4.45. The zero-order valence-corrected chi connectivity index (χ0v) is 7.99. The molecule has 1 aromatic rings. The van der Waals surface area contributed by atoms with E-state index in [1.54, 1.807) is 12.1 Å². The van der Waals surface area contributed by atoms with E-state index in [1.807, 2.05) is 0 Å². The number of aromatic nitrogens is 1. The summed E-state index contributed by atoms with van der Waals surface area (Å²) in [5, 5.41) is 0. The summed E-state index contributed by atoms with van der Waals surface area (Å²) < 4.78 is 8.97. The van der Waals surface area contributed by atoms with Gasteiger partial charge in [-0.2, -0.15) is 0 Å². The van der Waals surface area contributed by atoms with Crippen LogP contribution in [0.1, 0.15) is 16.2 Å². The molecule has 0 radical (unpaired) electrons. The average Bonchev–Trinajstić information content (AvgIpc) is 2.65. The third-order valence-electron chi connectivity index (χ3n) is 1.71. The zero-order valence-electron chi connectivity index (χ0n) is 7.99. The Balaban J connectivity index is 2.68. The predicted octanol–water partition coefficient (Wildman–Crippen LogP) is 0.517. The van der Waals surface area contributed by atoms with Gasteiger partial charge in [-0.05, 0) is 12.1 Å². The molecule has 0 atom stereocenters. The summed E-state index contributed by atoms with van der Waals surface area (Å²) in [7, 11) is 2.61. The number of carbonyl (C=O) groups is 2. The Morgan fingerprint density at radius 2 is 2.00 bits per heavy atom. The Morgan fingerprint density at radius 3 is 2.57 bits per heavy atom. The first-order valence-electron chi connectivity index (χ1n) is 4.00. The van der Waals surface area contributed by atoms with Crippen molar-refractivity contribution in [2.45, 2.75) is 6.42 Å². The van der Waals surface area contributed by atoms with Gasteiger partial charge in [-0.15, -0.1) is 0 Å². The summed E-state index contributed by atoms with van der Waals surface area (Å²) in [5.74, 6) is -0.815. The molecule has 1 heterocycles. The highest BCUT2D eigenvalue weighted by molar-refractivity contribution is 5.87. The van der Waals surface area contributed by atoms with Gasteiger partial charge < -0.3 is 14.5 Å². The van der Waals surface area contributed by atoms with Crippen molar-refractivity contribution >= 4 is 11.9 Å². The van der Waals surface area contributed by atoms with Crippen molar-refractivity contribution in [2.75, 3.05) is 14.2 Å². The maximum Gasteiger partial charge on any atom is 0.354 e. The number of esters is 2. The number of rotatable bonds is 3. The minimum atomic E-state index is -0.457. The second-order valence-electron chi connectivity index (χ2n) is 2.64. The molecule has 0 saturated carbocycles. The normalized spacial score (nSPS) is 9.57. The highest BCUT2D eigenvalue weighted by Crippen LogP contribution is 2.04. The van der Waals surface area contributed by atoms with Crippen LogP contribution in [0.25, 0.3) is 0 Å². The van der Waals surface area contributed by atoms with Gasteiger partial charge in [0.05, 0.1) is 20.6 Å². The summed E-state index contributed by atoms with van der Waals surface area (Å²) in [6.45, 7) is 0. The van der Waals surface area contributed by atoms with E-state index in [2.05, 4.69) is 14.5 Å². The average molecular weight is 197 g/mol. The van der Waals surface area contributed by atoms with Crippen molar-refractivity contribution in [2.24, 2.45) is 0 Å². The van der Waals surface area contributed by atoms with Gasteiger partial charge in [-0.3, -0.25) is 4.79 Å². The zero-order chi connectivity index (χ0) is 10.6. The number of H-pyrrole nitrogens is 1.